The summed E-state index contributed by atoms with van der Waals surface area (Å²) in [4.78, 5) is 26.6. The average Bonchev–Trinajstić information content (AvgIpc) is 3.69. The minimum atomic E-state index is -4.58. The average molecular weight is 610 g/mol. The Labute approximate surface area is 255 Å². The molecule has 11 heteroatoms. The number of carbonyl (C=O) groups excluding carboxylic acids is 1. The molecule has 2 fully saturated rings. The summed E-state index contributed by atoms with van der Waals surface area (Å²) in [5.74, 6) is 1.38. The minimum Gasteiger partial charge on any atom is -0.494 e. The van der Waals surface area contributed by atoms with Crippen LogP contribution in [0.15, 0.2) is 48.2 Å². The van der Waals surface area contributed by atoms with Gasteiger partial charge in [0.1, 0.15) is 17.3 Å². The highest BCUT2D eigenvalue weighted by molar-refractivity contribution is 6.07. The molecule has 2 aromatic carbocycles. The Morgan fingerprint density at radius 3 is 2.36 bits per heavy atom. The number of ether oxygens (including phenoxy) is 2. The fraction of sp³-hybridized carbons (Fsp3) is 0.424. The number of alkyl halides is 3. The van der Waals surface area contributed by atoms with Crippen molar-refractivity contribution in [3.63, 3.8) is 0 Å². The van der Waals surface area contributed by atoms with Crippen LogP contribution in [0, 0.1) is 6.92 Å². The Hall–Kier alpha value is -3.96. The lowest BCUT2D eigenvalue weighted by Crippen LogP contribution is -2.21. The topological polar surface area (TPSA) is 79.8 Å². The number of halogens is 3. The second-order valence-electron chi connectivity index (χ2n) is 11.3. The Morgan fingerprint density at radius 1 is 1.02 bits per heavy atom. The normalized spacial score (nSPS) is 16.4. The number of anilines is 1. The highest BCUT2D eigenvalue weighted by Gasteiger charge is 2.33. The van der Waals surface area contributed by atoms with Gasteiger partial charge in [-0.2, -0.15) is 18.2 Å². The van der Waals surface area contributed by atoms with Gasteiger partial charge in [-0.05, 0) is 101 Å². The first-order valence-corrected chi connectivity index (χ1v) is 14.9. The quantitative estimate of drug-likeness (QED) is 0.252. The zero-order chi connectivity index (χ0) is 31.3. The van der Waals surface area contributed by atoms with Gasteiger partial charge in [0.2, 0.25) is 5.88 Å². The largest absolute Gasteiger partial charge is 0.494 e. The molecule has 0 saturated carbocycles. The number of nitrogens with zero attached hydrogens (tertiary/aromatic N) is 4. The Morgan fingerprint density at radius 2 is 1.70 bits per heavy atom. The highest BCUT2D eigenvalue weighted by Crippen LogP contribution is 2.39. The molecule has 2 aliphatic rings. The maximum absolute atomic E-state index is 13.8. The number of nitrogens with one attached hydrogen (secondary N) is 1. The van der Waals surface area contributed by atoms with E-state index >= 15 is 0 Å². The number of aromatic nitrogens is 2. The predicted molar refractivity (Wildman–Crippen MR) is 163 cm³/mol. The molecule has 3 heterocycles. The van der Waals surface area contributed by atoms with Gasteiger partial charge in [0, 0.05) is 29.9 Å². The second kappa shape index (κ2) is 13.8. The molecule has 0 bridgehead atoms. The van der Waals surface area contributed by atoms with Crippen LogP contribution < -0.4 is 14.8 Å². The van der Waals surface area contributed by atoms with Crippen molar-refractivity contribution in [1.29, 1.82) is 0 Å². The molecule has 1 N–H and O–H groups in total. The van der Waals surface area contributed by atoms with Crippen LogP contribution in [0.5, 0.6) is 17.4 Å². The molecular weight excluding hydrogens is 571 g/mol. The number of hydrogen-bond donors (Lipinski definition) is 1. The van der Waals surface area contributed by atoms with Crippen LogP contribution >= 0.6 is 0 Å². The van der Waals surface area contributed by atoms with Crippen LogP contribution in [0.4, 0.5) is 18.9 Å². The first-order chi connectivity index (χ1) is 21.1. The van der Waals surface area contributed by atoms with Crippen LogP contribution in [0.25, 0.3) is 6.08 Å². The fourth-order valence-corrected chi connectivity index (χ4v) is 5.67. The maximum Gasteiger partial charge on any atom is 0.416 e. The number of hydrogen-bond acceptors (Lipinski definition) is 7. The van der Waals surface area contributed by atoms with E-state index in [1.54, 1.807) is 25.3 Å². The molecule has 0 unspecified atom stereocenters. The van der Waals surface area contributed by atoms with Gasteiger partial charge in [0.05, 0.1) is 24.9 Å². The summed E-state index contributed by atoms with van der Waals surface area (Å²) in [5, 5.41) is 2.67. The van der Waals surface area contributed by atoms with E-state index in [4.69, 9.17) is 9.47 Å². The zero-order valence-corrected chi connectivity index (χ0v) is 25.3. The van der Waals surface area contributed by atoms with Gasteiger partial charge in [-0.25, -0.2) is 4.98 Å². The highest BCUT2D eigenvalue weighted by atomic mass is 19.4. The van der Waals surface area contributed by atoms with Crippen molar-refractivity contribution in [3.05, 3.63) is 76.2 Å². The van der Waals surface area contributed by atoms with Gasteiger partial charge in [-0.15, -0.1) is 0 Å². The van der Waals surface area contributed by atoms with Crippen LogP contribution in [0.1, 0.15) is 60.7 Å². The van der Waals surface area contributed by atoms with Crippen LogP contribution in [-0.4, -0.2) is 59.0 Å². The molecular formula is C33H38F3N5O3. The third kappa shape index (κ3) is 7.75. The summed E-state index contributed by atoms with van der Waals surface area (Å²) in [7, 11) is 1.40. The van der Waals surface area contributed by atoms with Gasteiger partial charge in [0.25, 0.3) is 5.91 Å². The molecule has 0 radical (unpaired) electrons. The maximum atomic E-state index is 13.8. The first kappa shape index (κ1) is 31.5. The number of benzene rings is 2. The lowest BCUT2D eigenvalue weighted by atomic mass is 10.0. The van der Waals surface area contributed by atoms with Gasteiger partial charge in [-0.3, -0.25) is 14.6 Å². The number of methoxy groups -OCH3 is 1. The van der Waals surface area contributed by atoms with Gasteiger partial charge in [0.15, 0.2) is 0 Å². The monoisotopic (exact) mass is 609 g/mol. The van der Waals surface area contributed by atoms with Crippen LogP contribution in [0.2, 0.25) is 0 Å². The van der Waals surface area contributed by atoms with Crippen molar-refractivity contribution in [1.82, 2.24) is 19.8 Å². The van der Waals surface area contributed by atoms with E-state index in [-0.39, 0.29) is 11.4 Å². The summed E-state index contributed by atoms with van der Waals surface area (Å²) in [6.07, 6.45) is 3.15. The van der Waals surface area contributed by atoms with Crippen LogP contribution in [-0.2, 0) is 24.1 Å². The van der Waals surface area contributed by atoms with E-state index in [9.17, 15) is 18.0 Å². The van der Waals surface area contributed by atoms with E-state index in [2.05, 4.69) is 25.1 Å². The summed E-state index contributed by atoms with van der Waals surface area (Å²) in [6.45, 7) is 8.16. The molecule has 0 atom stereocenters. The lowest BCUT2D eigenvalue weighted by molar-refractivity contribution is -0.137. The smallest absolute Gasteiger partial charge is 0.416 e. The van der Waals surface area contributed by atoms with E-state index in [1.807, 2.05) is 25.1 Å². The Bertz CT molecular complexity index is 1510. The van der Waals surface area contributed by atoms with E-state index in [0.717, 1.165) is 62.3 Å². The number of carbonyl (C=O) groups is 1. The SMILES string of the molecule is COc1c(CN2CCCC2)cc(C(F)(F)F)cc1NC(=O)/C(C)=C/c1cccc(Oc2ccnc(CN3CCCC3)n2)c1C. The lowest BCUT2D eigenvalue weighted by Gasteiger charge is -2.21. The van der Waals surface area contributed by atoms with Crippen molar-refractivity contribution < 1.29 is 27.4 Å². The van der Waals surface area contributed by atoms with E-state index in [0.29, 0.717) is 41.7 Å². The van der Waals surface area contributed by atoms with Crippen molar-refractivity contribution in [2.24, 2.45) is 0 Å². The predicted octanol–water partition coefficient (Wildman–Crippen LogP) is 6.84. The number of rotatable bonds is 10. The van der Waals surface area contributed by atoms with Crippen LogP contribution in [0.3, 0.4) is 0 Å². The standard InChI is InChI=1S/C33H38F3N5O3/c1-22(32(42)38-27-19-26(33(34,35)36)18-25(31(27)43-3)20-40-13-4-5-14-40)17-24-9-8-10-28(23(24)2)44-30-11-12-37-29(39-30)21-41-15-6-7-16-41/h8-12,17-19H,4-7,13-16,20-21H2,1-3H3,(H,38,42)/b22-17+. The van der Waals surface area contributed by atoms with Crippen molar-refractivity contribution in [3.8, 4) is 17.4 Å². The molecule has 234 valence electrons. The third-order valence-corrected chi connectivity index (χ3v) is 8.05. The van der Waals surface area contributed by atoms with E-state index < -0.39 is 17.6 Å². The molecule has 3 aromatic rings. The third-order valence-electron chi connectivity index (χ3n) is 8.05. The van der Waals surface area contributed by atoms with E-state index in [1.165, 1.54) is 20.0 Å². The molecule has 1 amide bonds. The summed E-state index contributed by atoms with van der Waals surface area (Å²) in [5.41, 5.74) is 1.35. The first-order valence-electron chi connectivity index (χ1n) is 14.9. The molecule has 1 aromatic heterocycles. The molecule has 2 aliphatic heterocycles. The fourth-order valence-electron chi connectivity index (χ4n) is 5.67. The Kier molecular flexibility index (Phi) is 9.85. The van der Waals surface area contributed by atoms with Gasteiger partial charge >= 0.3 is 6.18 Å². The summed E-state index contributed by atoms with van der Waals surface area (Å²) < 4.78 is 53.1. The minimum absolute atomic E-state index is 0.0171. The molecule has 5 rings (SSSR count). The molecule has 44 heavy (non-hydrogen) atoms. The number of amides is 1. The summed E-state index contributed by atoms with van der Waals surface area (Å²) >= 11 is 0. The summed E-state index contributed by atoms with van der Waals surface area (Å²) in [6, 6.07) is 9.21. The number of likely N-dealkylation sites (tertiary alicyclic amines) is 2. The molecule has 2 saturated heterocycles. The molecule has 8 nitrogen and oxygen atoms in total. The van der Waals surface area contributed by atoms with Crippen molar-refractivity contribution >= 4 is 17.7 Å². The molecule has 0 spiro atoms. The van der Waals surface area contributed by atoms with Gasteiger partial charge < -0.3 is 14.8 Å². The van der Waals surface area contributed by atoms with Crippen molar-refractivity contribution in [2.75, 3.05) is 38.6 Å². The van der Waals surface area contributed by atoms with Gasteiger partial charge in [-0.1, -0.05) is 12.1 Å². The Balaban J connectivity index is 1.35. The van der Waals surface area contributed by atoms with Crippen molar-refractivity contribution in [2.45, 2.75) is 58.8 Å². The second-order valence-corrected chi connectivity index (χ2v) is 11.3. The zero-order valence-electron chi connectivity index (χ0n) is 25.3. The molecule has 0 aliphatic carbocycles.